The highest BCUT2D eigenvalue weighted by atomic mass is 31.3. The van der Waals surface area contributed by atoms with Gasteiger partial charge in [-0.1, -0.05) is 0 Å². The number of anilines is 1. The molecule has 2 aliphatic heterocycles. The summed E-state index contributed by atoms with van der Waals surface area (Å²) in [5, 5.41) is 49.8. The quantitative estimate of drug-likeness (QED) is 0.100. The number of aliphatic hydroxyl groups is 5. The fourth-order valence-electron chi connectivity index (χ4n) is 3.87. The Bertz CT molecular complexity index is 1350. The molecule has 230 valence electrons. The first-order valence-corrected chi connectivity index (χ1v) is 14.5. The number of fused-ring (bicyclic) bond motifs is 1. The minimum atomic E-state index is -5.71. The molecule has 4 rings (SSSR count). The normalized spacial score (nSPS) is 33.9. The second kappa shape index (κ2) is 12.2. The van der Waals surface area contributed by atoms with Gasteiger partial charge in [0.15, 0.2) is 30.1 Å². The molecule has 0 bridgehead atoms. The number of hydrogen-bond acceptors (Lipinski definition) is 20. The first-order chi connectivity index (χ1) is 19.1. The van der Waals surface area contributed by atoms with Crippen LogP contribution in [0, 0.1) is 0 Å². The highest BCUT2D eigenvalue weighted by Crippen LogP contribution is 2.56. The predicted molar refractivity (Wildman–Crippen MR) is 122 cm³/mol. The van der Waals surface area contributed by atoms with Gasteiger partial charge in [-0.15, -0.1) is 0 Å². The third-order valence-corrected chi connectivity index (χ3v) is 8.43. The van der Waals surface area contributed by atoms with Crippen LogP contribution in [0.3, 0.4) is 0 Å². The zero-order valence-corrected chi connectivity index (χ0v) is 22.5. The Hall–Kier alpha value is -2.20. The molecule has 2 aromatic heterocycles. The van der Waals surface area contributed by atoms with E-state index in [-0.39, 0.29) is 17.0 Å². The number of carbonyl (C=O) groups is 1. The summed E-state index contributed by atoms with van der Waals surface area (Å²) in [5.41, 5.74) is 6.01. The van der Waals surface area contributed by atoms with Crippen LogP contribution >= 0.6 is 15.6 Å². The maximum atomic E-state index is 12.1. The van der Waals surface area contributed by atoms with E-state index < -0.39 is 90.1 Å². The standard InChI is InChI=1S/C18H27N5O16P2/c1-6(24)17(28)38-13-11(26)8(37-18(13)29)3-35-41(32,33)39-40(30,31)34-2-7-10(25)12(27)16(36-7)23-5-22-9-14(19)20-4-21-15(9)23/h4-8,10-13,16,18,24-27,29H,2-3H2,1H3,(H,30,31)(H,32,33)(H2,19,20,21)/p-2/t6-,7+,8+,10+,11+,12+,13+,16+,18?/m0/s1. The van der Waals surface area contributed by atoms with E-state index in [2.05, 4.69) is 33.0 Å². The number of phosphoric acid groups is 2. The number of esters is 1. The Morgan fingerprint density at radius 3 is 2.27 bits per heavy atom. The molecule has 23 heteroatoms. The van der Waals surface area contributed by atoms with Crippen molar-refractivity contribution in [1.82, 2.24) is 19.5 Å². The van der Waals surface area contributed by atoms with Crippen molar-refractivity contribution < 1.29 is 76.8 Å². The molecule has 0 saturated carbocycles. The first kappa shape index (κ1) is 31.7. The monoisotopic (exact) mass is 629 g/mol. The molecule has 41 heavy (non-hydrogen) atoms. The van der Waals surface area contributed by atoms with Gasteiger partial charge in [0.1, 0.15) is 48.5 Å². The van der Waals surface area contributed by atoms with Crippen LogP contribution in [0.15, 0.2) is 12.7 Å². The van der Waals surface area contributed by atoms with Gasteiger partial charge in [0.05, 0.1) is 19.5 Å². The third-order valence-electron chi connectivity index (χ3n) is 5.90. The van der Waals surface area contributed by atoms with Gasteiger partial charge >= 0.3 is 5.97 Å². The lowest BCUT2D eigenvalue weighted by Crippen LogP contribution is -2.40. The molecule has 2 aromatic rings. The van der Waals surface area contributed by atoms with Gasteiger partial charge in [0.2, 0.25) is 0 Å². The van der Waals surface area contributed by atoms with Gasteiger partial charge in [0.25, 0.3) is 15.6 Å². The fourth-order valence-corrected chi connectivity index (χ4v) is 5.88. The Kier molecular flexibility index (Phi) is 9.43. The number of ether oxygens (including phenoxy) is 3. The summed E-state index contributed by atoms with van der Waals surface area (Å²) >= 11 is 0. The SMILES string of the molecule is C[C@H](O)C(=O)O[C@H]1C(O)O[C@H](COP(=O)([O-])OP(=O)([O-])OC[C@H]2O[C@@H](n3cnc4c(N)ncnc43)[C@H](O)[C@@H]2O)[C@H]1O. The number of imidazole rings is 1. The van der Waals surface area contributed by atoms with Crippen LogP contribution in [0.1, 0.15) is 13.2 Å². The molecule has 0 amide bonds. The second-order valence-corrected chi connectivity index (χ2v) is 11.8. The number of carbonyl (C=O) groups excluding carboxylic acids is 1. The van der Waals surface area contributed by atoms with Gasteiger partial charge in [-0.25, -0.2) is 24.1 Å². The van der Waals surface area contributed by atoms with E-state index in [1.54, 1.807) is 0 Å². The van der Waals surface area contributed by atoms with E-state index >= 15 is 0 Å². The molecule has 0 aliphatic carbocycles. The van der Waals surface area contributed by atoms with Crippen LogP contribution < -0.4 is 15.5 Å². The van der Waals surface area contributed by atoms with Crippen molar-refractivity contribution in [2.24, 2.45) is 0 Å². The molecule has 2 aliphatic rings. The van der Waals surface area contributed by atoms with E-state index in [9.17, 15) is 44.1 Å². The van der Waals surface area contributed by atoms with Crippen molar-refractivity contribution in [2.75, 3.05) is 18.9 Å². The van der Waals surface area contributed by atoms with E-state index in [4.69, 9.17) is 20.3 Å². The molecule has 11 atom stereocenters. The van der Waals surface area contributed by atoms with Crippen molar-refractivity contribution in [2.45, 2.75) is 62.2 Å². The number of aliphatic hydroxyl groups excluding tert-OH is 5. The van der Waals surface area contributed by atoms with Crippen LogP contribution in [0.25, 0.3) is 11.2 Å². The van der Waals surface area contributed by atoms with E-state index in [0.717, 1.165) is 13.3 Å². The average Bonchev–Trinajstić information content (AvgIpc) is 3.52. The van der Waals surface area contributed by atoms with Crippen LogP contribution in [0.4, 0.5) is 5.82 Å². The van der Waals surface area contributed by atoms with Gasteiger partial charge < -0.3 is 64.3 Å². The van der Waals surface area contributed by atoms with Crippen LogP contribution in [-0.2, 0) is 41.5 Å². The molecule has 7 N–H and O–H groups in total. The third kappa shape index (κ3) is 7.07. The van der Waals surface area contributed by atoms with Crippen LogP contribution in [0.2, 0.25) is 0 Å². The summed E-state index contributed by atoms with van der Waals surface area (Å²) in [6.45, 7) is -1.04. The molecule has 3 unspecified atom stereocenters. The Labute approximate surface area is 229 Å². The van der Waals surface area contributed by atoms with E-state index in [0.29, 0.717) is 0 Å². The Morgan fingerprint density at radius 1 is 1.05 bits per heavy atom. The van der Waals surface area contributed by atoms with Crippen molar-refractivity contribution in [1.29, 1.82) is 0 Å². The van der Waals surface area contributed by atoms with Crippen molar-refractivity contribution in [3.8, 4) is 0 Å². The molecule has 0 spiro atoms. The molecule has 21 nitrogen and oxygen atoms in total. The Morgan fingerprint density at radius 2 is 1.66 bits per heavy atom. The smallest absolute Gasteiger partial charge is 0.335 e. The second-order valence-electron chi connectivity index (χ2n) is 8.83. The number of nitrogen functional groups attached to an aromatic ring is 1. The molecular weight excluding hydrogens is 604 g/mol. The van der Waals surface area contributed by atoms with E-state index in [1.165, 1.54) is 10.9 Å². The zero-order valence-electron chi connectivity index (χ0n) is 20.8. The number of aromatic nitrogens is 4. The highest BCUT2D eigenvalue weighted by molar-refractivity contribution is 7.59. The number of nitrogens with zero attached hydrogens (tertiary/aromatic N) is 4. The van der Waals surface area contributed by atoms with Crippen molar-refractivity contribution >= 4 is 38.6 Å². The maximum Gasteiger partial charge on any atom is 0.335 e. The summed E-state index contributed by atoms with van der Waals surface area (Å²) in [6, 6.07) is 0. The minimum Gasteiger partial charge on any atom is -0.756 e. The maximum absolute atomic E-state index is 12.1. The van der Waals surface area contributed by atoms with Crippen LogP contribution in [0.5, 0.6) is 0 Å². The highest BCUT2D eigenvalue weighted by Gasteiger charge is 2.47. The first-order valence-electron chi connectivity index (χ1n) is 11.6. The van der Waals surface area contributed by atoms with Gasteiger partial charge in [-0.3, -0.25) is 13.7 Å². The van der Waals surface area contributed by atoms with Crippen molar-refractivity contribution in [3.05, 3.63) is 12.7 Å². The lowest BCUT2D eigenvalue weighted by atomic mass is 10.1. The molecular formula is C18H25N5O16P2-2. The minimum absolute atomic E-state index is 0.0279. The van der Waals surface area contributed by atoms with Crippen LogP contribution in [-0.4, -0.2) is 113 Å². The Balaban J connectivity index is 1.31. The zero-order chi connectivity index (χ0) is 30.3. The topological polar surface area (TPSA) is 323 Å². The summed E-state index contributed by atoms with van der Waals surface area (Å²) in [4.78, 5) is 47.4. The molecule has 0 aromatic carbocycles. The number of nitrogens with two attached hydrogens (primary N) is 1. The number of hydrogen-bond donors (Lipinski definition) is 6. The van der Waals surface area contributed by atoms with Gasteiger partial charge in [-0.05, 0) is 6.92 Å². The van der Waals surface area contributed by atoms with Gasteiger partial charge in [0, 0.05) is 0 Å². The molecule has 0 radical (unpaired) electrons. The molecule has 2 fully saturated rings. The fraction of sp³-hybridized carbons (Fsp3) is 0.667. The number of phosphoric ester groups is 2. The lowest BCUT2D eigenvalue weighted by molar-refractivity contribution is -0.247. The predicted octanol–water partition coefficient (Wildman–Crippen LogP) is -4.61. The molecule has 4 heterocycles. The largest absolute Gasteiger partial charge is 0.756 e. The van der Waals surface area contributed by atoms with Gasteiger partial charge in [-0.2, -0.15) is 0 Å². The summed E-state index contributed by atoms with van der Waals surface area (Å²) < 4.78 is 53.2. The molecule has 2 saturated heterocycles. The van der Waals surface area contributed by atoms with Crippen molar-refractivity contribution in [3.63, 3.8) is 0 Å². The number of rotatable bonds is 11. The average molecular weight is 629 g/mol. The summed E-state index contributed by atoms with van der Waals surface area (Å²) in [5.74, 6) is -1.19. The summed E-state index contributed by atoms with van der Waals surface area (Å²) in [7, 11) is -11.4. The lowest BCUT2D eigenvalue weighted by Gasteiger charge is -2.32. The summed E-state index contributed by atoms with van der Waals surface area (Å²) in [6.07, 6.45) is -12.6. The van der Waals surface area contributed by atoms with E-state index in [1.807, 2.05) is 0 Å².